The zero-order valence-corrected chi connectivity index (χ0v) is 11.7. The highest BCUT2D eigenvalue weighted by molar-refractivity contribution is 6.31. The Morgan fingerprint density at radius 1 is 1.20 bits per heavy atom. The minimum atomic E-state index is -0.351. The fourth-order valence-electron chi connectivity index (χ4n) is 2.55. The molecule has 0 saturated carbocycles. The van der Waals surface area contributed by atoms with Gasteiger partial charge in [-0.1, -0.05) is 11.6 Å². The molecular weight excluding hydrogens is 276 g/mol. The van der Waals surface area contributed by atoms with Gasteiger partial charge in [-0.2, -0.15) is 0 Å². The van der Waals surface area contributed by atoms with Gasteiger partial charge in [0.25, 0.3) is 0 Å². The molecule has 3 rings (SSSR count). The average Bonchev–Trinajstić information content (AvgIpc) is 2.46. The molecular formula is C14H15ClN4O. The standard InChI is InChI=1S/C14H15ClN4O/c15-10-1-2-11-12(9-10)17-4-3-13(11)18-5-7-19(8-6-18)14(16)20/h1-4,9H,5-8H2,(H2,16,20). The fourth-order valence-corrected chi connectivity index (χ4v) is 2.72. The lowest BCUT2D eigenvalue weighted by Gasteiger charge is -2.35. The molecule has 5 nitrogen and oxygen atoms in total. The van der Waals surface area contributed by atoms with Crippen LogP contribution in [-0.2, 0) is 0 Å². The van der Waals surface area contributed by atoms with Gasteiger partial charge in [-0.25, -0.2) is 4.79 Å². The van der Waals surface area contributed by atoms with E-state index in [0.29, 0.717) is 18.1 Å². The summed E-state index contributed by atoms with van der Waals surface area (Å²) in [6, 6.07) is 7.36. The highest BCUT2D eigenvalue weighted by Gasteiger charge is 2.20. The largest absolute Gasteiger partial charge is 0.367 e. The number of amides is 2. The second kappa shape index (κ2) is 5.17. The molecule has 2 N–H and O–H groups in total. The van der Waals surface area contributed by atoms with E-state index in [2.05, 4.69) is 9.88 Å². The number of hydrogen-bond acceptors (Lipinski definition) is 3. The Morgan fingerprint density at radius 2 is 1.95 bits per heavy atom. The van der Waals surface area contributed by atoms with Crippen LogP contribution < -0.4 is 10.6 Å². The van der Waals surface area contributed by atoms with Crippen molar-refractivity contribution in [3.05, 3.63) is 35.5 Å². The third kappa shape index (κ3) is 2.36. The monoisotopic (exact) mass is 290 g/mol. The number of anilines is 1. The SMILES string of the molecule is NC(=O)N1CCN(c2ccnc3cc(Cl)ccc23)CC1. The zero-order valence-electron chi connectivity index (χ0n) is 10.9. The minimum absolute atomic E-state index is 0.351. The topological polar surface area (TPSA) is 62.5 Å². The molecule has 0 spiro atoms. The van der Waals surface area contributed by atoms with Gasteiger partial charge in [0.2, 0.25) is 0 Å². The van der Waals surface area contributed by atoms with Crippen molar-refractivity contribution < 1.29 is 4.79 Å². The van der Waals surface area contributed by atoms with Gasteiger partial charge in [-0.05, 0) is 24.3 Å². The Balaban J connectivity index is 1.90. The molecule has 0 bridgehead atoms. The minimum Gasteiger partial charge on any atom is -0.367 e. The number of nitrogens with two attached hydrogens (primary N) is 1. The van der Waals surface area contributed by atoms with E-state index >= 15 is 0 Å². The normalized spacial score (nSPS) is 15.7. The van der Waals surface area contributed by atoms with Gasteiger partial charge in [0.05, 0.1) is 5.52 Å². The van der Waals surface area contributed by atoms with Crippen LogP contribution in [0.4, 0.5) is 10.5 Å². The van der Waals surface area contributed by atoms with Crippen molar-refractivity contribution in [2.75, 3.05) is 31.1 Å². The Hall–Kier alpha value is -2.01. The predicted octanol–water partition coefficient (Wildman–Crippen LogP) is 2.09. The molecule has 2 amide bonds. The van der Waals surface area contributed by atoms with Crippen LogP contribution in [0.2, 0.25) is 5.02 Å². The first-order valence-corrected chi connectivity index (χ1v) is 6.86. The number of primary amides is 1. The van der Waals surface area contributed by atoms with Gasteiger partial charge >= 0.3 is 6.03 Å². The van der Waals surface area contributed by atoms with Gasteiger partial charge < -0.3 is 15.5 Å². The van der Waals surface area contributed by atoms with E-state index in [1.807, 2.05) is 24.3 Å². The summed E-state index contributed by atoms with van der Waals surface area (Å²) in [5.74, 6) is 0. The number of nitrogens with zero attached hydrogens (tertiary/aromatic N) is 3. The van der Waals surface area contributed by atoms with E-state index in [1.165, 1.54) is 0 Å². The summed E-state index contributed by atoms with van der Waals surface area (Å²) in [6.07, 6.45) is 1.79. The summed E-state index contributed by atoms with van der Waals surface area (Å²) in [7, 11) is 0. The van der Waals surface area contributed by atoms with E-state index in [-0.39, 0.29) is 6.03 Å². The number of pyridine rings is 1. The molecule has 2 aromatic rings. The van der Waals surface area contributed by atoms with E-state index in [0.717, 1.165) is 29.7 Å². The van der Waals surface area contributed by atoms with E-state index in [9.17, 15) is 4.79 Å². The highest BCUT2D eigenvalue weighted by atomic mass is 35.5. The molecule has 0 unspecified atom stereocenters. The highest BCUT2D eigenvalue weighted by Crippen LogP contribution is 2.28. The van der Waals surface area contributed by atoms with Crippen LogP contribution in [0.15, 0.2) is 30.5 Å². The number of aromatic nitrogens is 1. The molecule has 1 aromatic carbocycles. The summed E-state index contributed by atoms with van der Waals surface area (Å²) in [5, 5.41) is 1.75. The lowest BCUT2D eigenvalue weighted by Crippen LogP contribution is -2.50. The van der Waals surface area contributed by atoms with Gasteiger partial charge in [-0.3, -0.25) is 4.98 Å². The van der Waals surface area contributed by atoms with Gasteiger partial charge in [-0.15, -0.1) is 0 Å². The van der Waals surface area contributed by atoms with Crippen molar-refractivity contribution >= 4 is 34.2 Å². The maximum atomic E-state index is 11.2. The van der Waals surface area contributed by atoms with Crippen LogP contribution in [0, 0.1) is 0 Å². The smallest absolute Gasteiger partial charge is 0.314 e. The van der Waals surface area contributed by atoms with Crippen molar-refractivity contribution in [1.82, 2.24) is 9.88 Å². The molecule has 0 aliphatic carbocycles. The van der Waals surface area contributed by atoms with Crippen molar-refractivity contribution in [3.8, 4) is 0 Å². The number of carbonyl (C=O) groups is 1. The Morgan fingerprint density at radius 3 is 2.65 bits per heavy atom. The van der Waals surface area contributed by atoms with Crippen molar-refractivity contribution in [2.45, 2.75) is 0 Å². The number of rotatable bonds is 1. The number of carbonyl (C=O) groups excluding carboxylic acids is 1. The Bertz CT molecular complexity index is 653. The fraction of sp³-hybridized carbons (Fsp3) is 0.286. The molecule has 20 heavy (non-hydrogen) atoms. The molecule has 1 aromatic heterocycles. The maximum Gasteiger partial charge on any atom is 0.314 e. The van der Waals surface area contributed by atoms with E-state index < -0.39 is 0 Å². The summed E-state index contributed by atoms with van der Waals surface area (Å²) in [5.41, 5.74) is 7.31. The molecule has 2 heterocycles. The van der Waals surface area contributed by atoms with Gasteiger partial charge in [0.1, 0.15) is 0 Å². The summed E-state index contributed by atoms with van der Waals surface area (Å²) in [6.45, 7) is 2.83. The molecule has 1 aliphatic heterocycles. The van der Waals surface area contributed by atoms with Crippen LogP contribution in [-0.4, -0.2) is 42.1 Å². The molecule has 104 valence electrons. The Kier molecular flexibility index (Phi) is 3.36. The van der Waals surface area contributed by atoms with Crippen LogP contribution in [0.1, 0.15) is 0 Å². The number of urea groups is 1. The van der Waals surface area contributed by atoms with Gasteiger partial charge in [0.15, 0.2) is 0 Å². The molecule has 1 fully saturated rings. The van der Waals surface area contributed by atoms with Crippen LogP contribution in [0.3, 0.4) is 0 Å². The molecule has 0 radical (unpaired) electrons. The van der Waals surface area contributed by atoms with Crippen molar-refractivity contribution in [3.63, 3.8) is 0 Å². The number of fused-ring (bicyclic) bond motifs is 1. The summed E-state index contributed by atoms with van der Waals surface area (Å²) in [4.78, 5) is 19.4. The predicted molar refractivity (Wildman–Crippen MR) is 80.1 cm³/mol. The Labute approximate surface area is 121 Å². The molecule has 1 aliphatic rings. The number of piperazine rings is 1. The first kappa shape index (κ1) is 13.0. The van der Waals surface area contributed by atoms with Crippen molar-refractivity contribution in [1.29, 1.82) is 0 Å². The molecule has 0 atom stereocenters. The third-order valence-electron chi connectivity index (χ3n) is 3.61. The van der Waals surface area contributed by atoms with Crippen LogP contribution >= 0.6 is 11.6 Å². The molecule has 6 heteroatoms. The third-order valence-corrected chi connectivity index (χ3v) is 3.85. The zero-order chi connectivity index (χ0) is 14.1. The second-order valence-corrected chi connectivity index (χ2v) is 5.24. The number of halogens is 1. The maximum absolute atomic E-state index is 11.2. The van der Waals surface area contributed by atoms with E-state index in [4.69, 9.17) is 17.3 Å². The average molecular weight is 291 g/mol. The van der Waals surface area contributed by atoms with Gasteiger partial charge in [0, 0.05) is 48.5 Å². The lowest BCUT2D eigenvalue weighted by atomic mass is 10.1. The molecule has 1 saturated heterocycles. The summed E-state index contributed by atoms with van der Waals surface area (Å²) >= 11 is 6.00. The first-order chi connectivity index (χ1) is 9.65. The van der Waals surface area contributed by atoms with Crippen LogP contribution in [0.5, 0.6) is 0 Å². The van der Waals surface area contributed by atoms with Crippen LogP contribution in [0.25, 0.3) is 10.9 Å². The summed E-state index contributed by atoms with van der Waals surface area (Å²) < 4.78 is 0. The second-order valence-electron chi connectivity index (χ2n) is 4.80. The number of benzene rings is 1. The quantitative estimate of drug-likeness (QED) is 0.875. The van der Waals surface area contributed by atoms with E-state index in [1.54, 1.807) is 11.1 Å². The first-order valence-electron chi connectivity index (χ1n) is 6.49. The number of hydrogen-bond donors (Lipinski definition) is 1. The van der Waals surface area contributed by atoms with Crippen molar-refractivity contribution in [2.24, 2.45) is 5.73 Å². The lowest BCUT2D eigenvalue weighted by molar-refractivity contribution is 0.204.